The Balaban J connectivity index is 2.58. The molecule has 0 saturated heterocycles. The zero-order valence-electron chi connectivity index (χ0n) is 9.43. The molecule has 1 aromatic heterocycles. The Morgan fingerprint density at radius 2 is 2.31 bits per heavy atom. The van der Waals surface area contributed by atoms with Crippen LogP contribution in [-0.4, -0.2) is 33.2 Å². The summed E-state index contributed by atoms with van der Waals surface area (Å²) in [6.45, 7) is 3.52. The summed E-state index contributed by atoms with van der Waals surface area (Å²) in [5.74, 6) is -1.11. The molecular formula is C9H14N4O3. The number of nitrogens with one attached hydrogen (secondary N) is 1. The van der Waals surface area contributed by atoms with Crippen molar-refractivity contribution >= 4 is 11.9 Å². The van der Waals surface area contributed by atoms with Crippen LogP contribution in [0, 0.1) is 0 Å². The van der Waals surface area contributed by atoms with Crippen molar-refractivity contribution in [1.29, 1.82) is 0 Å². The van der Waals surface area contributed by atoms with E-state index in [4.69, 9.17) is 0 Å². The third-order valence-electron chi connectivity index (χ3n) is 1.94. The highest BCUT2D eigenvalue weighted by Gasteiger charge is 2.20. The molecule has 16 heavy (non-hydrogen) atoms. The fourth-order valence-electron chi connectivity index (χ4n) is 1.20. The first-order valence-electron chi connectivity index (χ1n) is 4.87. The van der Waals surface area contributed by atoms with E-state index in [1.807, 2.05) is 0 Å². The fraction of sp³-hybridized carbons (Fsp3) is 0.556. The molecule has 0 bridgehead atoms. The standard InChI is InChI=1S/C9H14N4O3/c1-4-16-9(15)8(14)11-6(2)7-12-10-5-13(7)3/h5-6H,4H2,1-3H3,(H,11,14). The van der Waals surface area contributed by atoms with Gasteiger partial charge >= 0.3 is 11.9 Å². The van der Waals surface area contributed by atoms with Gasteiger partial charge in [-0.2, -0.15) is 0 Å². The van der Waals surface area contributed by atoms with Gasteiger partial charge in [0.2, 0.25) is 0 Å². The maximum absolute atomic E-state index is 11.3. The van der Waals surface area contributed by atoms with Gasteiger partial charge in [0.25, 0.3) is 0 Å². The van der Waals surface area contributed by atoms with Crippen molar-refractivity contribution in [2.45, 2.75) is 19.9 Å². The predicted octanol–water partition coefficient (Wildman–Crippen LogP) is -0.445. The summed E-state index contributed by atoms with van der Waals surface area (Å²) >= 11 is 0. The average Bonchev–Trinajstić information content (AvgIpc) is 2.64. The van der Waals surface area contributed by atoms with Gasteiger partial charge in [-0.05, 0) is 13.8 Å². The maximum atomic E-state index is 11.3. The normalized spacial score (nSPS) is 11.9. The minimum Gasteiger partial charge on any atom is -0.459 e. The molecule has 1 unspecified atom stereocenters. The molecule has 7 nitrogen and oxygen atoms in total. The molecule has 0 aromatic carbocycles. The first-order valence-corrected chi connectivity index (χ1v) is 4.87. The number of carbonyl (C=O) groups is 2. The number of hydrogen-bond acceptors (Lipinski definition) is 5. The third-order valence-corrected chi connectivity index (χ3v) is 1.94. The largest absolute Gasteiger partial charge is 0.459 e. The van der Waals surface area contributed by atoms with Gasteiger partial charge in [-0.25, -0.2) is 4.79 Å². The molecule has 88 valence electrons. The minimum atomic E-state index is -0.892. The molecule has 1 amide bonds. The number of aryl methyl sites for hydroxylation is 1. The Labute approximate surface area is 92.8 Å². The zero-order chi connectivity index (χ0) is 12.1. The second-order valence-electron chi connectivity index (χ2n) is 3.22. The maximum Gasteiger partial charge on any atom is 0.396 e. The van der Waals surface area contributed by atoms with Crippen molar-refractivity contribution in [2.24, 2.45) is 7.05 Å². The van der Waals surface area contributed by atoms with E-state index in [1.165, 1.54) is 6.33 Å². The van der Waals surface area contributed by atoms with Crippen molar-refractivity contribution in [3.05, 3.63) is 12.2 Å². The van der Waals surface area contributed by atoms with Gasteiger partial charge in [0.05, 0.1) is 12.6 Å². The van der Waals surface area contributed by atoms with Gasteiger partial charge < -0.3 is 14.6 Å². The molecule has 0 radical (unpaired) electrons. The van der Waals surface area contributed by atoms with Crippen molar-refractivity contribution in [1.82, 2.24) is 20.1 Å². The Morgan fingerprint density at radius 1 is 1.62 bits per heavy atom. The molecule has 1 aromatic rings. The van der Waals surface area contributed by atoms with E-state index >= 15 is 0 Å². The van der Waals surface area contributed by atoms with Crippen molar-refractivity contribution in [3.63, 3.8) is 0 Å². The number of hydrogen-bond donors (Lipinski definition) is 1. The molecular weight excluding hydrogens is 212 g/mol. The first-order chi connectivity index (χ1) is 7.56. The molecule has 0 aliphatic heterocycles. The van der Waals surface area contributed by atoms with Crippen molar-refractivity contribution in [2.75, 3.05) is 6.61 Å². The summed E-state index contributed by atoms with van der Waals surface area (Å²) < 4.78 is 6.22. The topological polar surface area (TPSA) is 86.1 Å². The van der Waals surface area contributed by atoms with Gasteiger partial charge in [-0.15, -0.1) is 10.2 Å². The molecule has 1 N–H and O–H groups in total. The number of nitrogens with zero attached hydrogens (tertiary/aromatic N) is 3. The Morgan fingerprint density at radius 3 is 2.81 bits per heavy atom. The van der Waals surface area contributed by atoms with E-state index in [0.29, 0.717) is 5.82 Å². The molecule has 0 spiro atoms. The second-order valence-corrected chi connectivity index (χ2v) is 3.22. The SMILES string of the molecule is CCOC(=O)C(=O)NC(C)c1nncn1C. The minimum absolute atomic E-state index is 0.171. The molecule has 0 aliphatic carbocycles. The monoisotopic (exact) mass is 226 g/mol. The summed E-state index contributed by atoms with van der Waals surface area (Å²) in [5.41, 5.74) is 0. The summed E-state index contributed by atoms with van der Waals surface area (Å²) in [4.78, 5) is 22.4. The molecule has 0 fully saturated rings. The number of rotatable bonds is 3. The summed E-state index contributed by atoms with van der Waals surface area (Å²) in [6.07, 6.45) is 1.52. The number of ether oxygens (including phenoxy) is 1. The van der Waals surface area contributed by atoms with Crippen LogP contribution in [0.2, 0.25) is 0 Å². The highest BCUT2D eigenvalue weighted by atomic mass is 16.5. The van der Waals surface area contributed by atoms with Gasteiger partial charge in [0, 0.05) is 7.05 Å². The third kappa shape index (κ3) is 2.78. The van der Waals surface area contributed by atoms with Crippen LogP contribution in [0.5, 0.6) is 0 Å². The van der Waals surface area contributed by atoms with Crippen LogP contribution in [0.15, 0.2) is 6.33 Å². The Kier molecular flexibility index (Phi) is 3.98. The van der Waals surface area contributed by atoms with Crippen LogP contribution in [0.4, 0.5) is 0 Å². The van der Waals surface area contributed by atoms with Gasteiger partial charge in [-0.1, -0.05) is 0 Å². The lowest BCUT2D eigenvalue weighted by Crippen LogP contribution is -2.35. The molecule has 1 rings (SSSR count). The van der Waals surface area contributed by atoms with Gasteiger partial charge in [-0.3, -0.25) is 4.79 Å². The summed E-state index contributed by atoms with van der Waals surface area (Å²) in [5, 5.41) is 9.97. The number of aromatic nitrogens is 3. The van der Waals surface area contributed by atoms with Gasteiger partial charge in [0.1, 0.15) is 6.33 Å². The van der Waals surface area contributed by atoms with E-state index in [2.05, 4.69) is 20.3 Å². The van der Waals surface area contributed by atoms with Crippen LogP contribution in [-0.2, 0) is 21.4 Å². The van der Waals surface area contributed by atoms with Crippen LogP contribution < -0.4 is 5.32 Å². The quantitative estimate of drug-likeness (QED) is 0.557. The lowest BCUT2D eigenvalue weighted by molar-refractivity contribution is -0.154. The molecule has 7 heteroatoms. The van der Waals surface area contributed by atoms with E-state index < -0.39 is 17.9 Å². The summed E-state index contributed by atoms with van der Waals surface area (Å²) in [6, 6.07) is -0.399. The number of esters is 1. The zero-order valence-corrected chi connectivity index (χ0v) is 9.43. The molecule has 0 saturated carbocycles. The van der Waals surface area contributed by atoms with Crippen molar-refractivity contribution in [3.8, 4) is 0 Å². The second kappa shape index (κ2) is 5.24. The smallest absolute Gasteiger partial charge is 0.396 e. The van der Waals surface area contributed by atoms with E-state index in [1.54, 1.807) is 25.5 Å². The lowest BCUT2D eigenvalue weighted by Gasteiger charge is -2.11. The summed E-state index contributed by atoms with van der Waals surface area (Å²) in [7, 11) is 1.75. The van der Waals surface area contributed by atoms with Gasteiger partial charge in [0.15, 0.2) is 5.82 Å². The van der Waals surface area contributed by atoms with Crippen LogP contribution in [0.1, 0.15) is 25.7 Å². The molecule has 1 atom stereocenters. The van der Waals surface area contributed by atoms with Crippen molar-refractivity contribution < 1.29 is 14.3 Å². The first kappa shape index (κ1) is 12.2. The Hall–Kier alpha value is -1.92. The Bertz CT molecular complexity index is 388. The highest BCUT2D eigenvalue weighted by molar-refractivity contribution is 6.32. The van der Waals surface area contributed by atoms with Crippen LogP contribution in [0.3, 0.4) is 0 Å². The molecule has 1 heterocycles. The van der Waals surface area contributed by atoms with Crippen LogP contribution in [0.25, 0.3) is 0 Å². The fourth-order valence-corrected chi connectivity index (χ4v) is 1.20. The van der Waals surface area contributed by atoms with E-state index in [9.17, 15) is 9.59 Å². The number of carbonyl (C=O) groups excluding carboxylic acids is 2. The highest BCUT2D eigenvalue weighted by Crippen LogP contribution is 2.06. The lowest BCUT2D eigenvalue weighted by atomic mass is 10.3. The van der Waals surface area contributed by atoms with Crippen LogP contribution >= 0.6 is 0 Å². The van der Waals surface area contributed by atoms with E-state index in [-0.39, 0.29) is 6.61 Å². The van der Waals surface area contributed by atoms with E-state index in [0.717, 1.165) is 0 Å². The average molecular weight is 226 g/mol. The molecule has 0 aliphatic rings. The predicted molar refractivity (Wildman–Crippen MR) is 54.2 cm³/mol. The number of amides is 1.